The molecule has 1 aliphatic rings. The Morgan fingerprint density at radius 2 is 1.78 bits per heavy atom. The maximum absolute atomic E-state index is 11.4. The highest BCUT2D eigenvalue weighted by molar-refractivity contribution is 5.96. The molecule has 0 spiro atoms. The van der Waals surface area contributed by atoms with E-state index in [0.717, 1.165) is 6.92 Å². The van der Waals surface area contributed by atoms with E-state index in [9.17, 15) is 19.7 Å². The Balaban J connectivity index is 2.96. The number of hydrogen-bond donors (Lipinski definition) is 0. The zero-order valence-corrected chi connectivity index (χ0v) is 10.3. The van der Waals surface area contributed by atoms with Crippen LogP contribution in [-0.2, 0) is 14.3 Å². The first-order valence-corrected chi connectivity index (χ1v) is 5.23. The first-order valence-electron chi connectivity index (χ1n) is 5.23. The van der Waals surface area contributed by atoms with Crippen molar-refractivity contribution in [1.29, 1.82) is 0 Å². The van der Waals surface area contributed by atoms with Crippen LogP contribution in [0.5, 0.6) is 0 Å². The number of nitro groups is 1. The molecule has 0 amide bonds. The van der Waals surface area contributed by atoms with Crippen molar-refractivity contribution in [3.63, 3.8) is 0 Å². The number of carbonyl (C=O) groups excluding carboxylic acids is 2. The van der Waals surface area contributed by atoms with Crippen LogP contribution in [0.25, 0.3) is 0 Å². The van der Waals surface area contributed by atoms with E-state index in [2.05, 4.69) is 4.74 Å². The lowest BCUT2D eigenvalue weighted by Gasteiger charge is -2.16. The van der Waals surface area contributed by atoms with Crippen LogP contribution in [0.1, 0.15) is 20.8 Å². The molecule has 0 aromatic heterocycles. The average Bonchev–Trinajstić information content (AvgIpc) is 2.28. The molecule has 0 unspecified atom stereocenters. The molecule has 0 aromatic carbocycles. The lowest BCUT2D eigenvalue weighted by Crippen LogP contribution is -2.31. The summed E-state index contributed by atoms with van der Waals surface area (Å²) in [6.07, 6.45) is 5.71. The minimum Gasteiger partial charge on any atom is -0.390 e. The number of ether oxygens (including phenoxy) is 1. The van der Waals surface area contributed by atoms with Gasteiger partial charge in [0, 0.05) is 24.3 Å². The maximum atomic E-state index is 11.4. The van der Waals surface area contributed by atoms with Crippen LogP contribution in [-0.4, -0.2) is 22.4 Å². The van der Waals surface area contributed by atoms with Gasteiger partial charge >= 0.3 is 11.9 Å². The summed E-state index contributed by atoms with van der Waals surface area (Å²) in [7, 11) is 0. The molecule has 0 radical (unpaired) electrons. The van der Waals surface area contributed by atoms with Gasteiger partial charge in [-0.05, 0) is 24.6 Å². The molecule has 0 saturated carbocycles. The van der Waals surface area contributed by atoms with Crippen LogP contribution in [0, 0.1) is 10.1 Å². The third-order valence-electron chi connectivity index (χ3n) is 2.57. The van der Waals surface area contributed by atoms with Gasteiger partial charge in [0.2, 0.25) is 0 Å². The van der Waals surface area contributed by atoms with Gasteiger partial charge in [0.1, 0.15) is 0 Å². The van der Waals surface area contributed by atoms with E-state index in [1.165, 1.54) is 38.2 Å². The first kappa shape index (κ1) is 13.8. The van der Waals surface area contributed by atoms with Gasteiger partial charge in [-0.3, -0.25) is 14.9 Å². The zero-order chi connectivity index (χ0) is 13.9. The van der Waals surface area contributed by atoms with Crippen molar-refractivity contribution in [2.75, 3.05) is 0 Å². The summed E-state index contributed by atoms with van der Waals surface area (Å²) in [6.45, 7) is 4.07. The molecule has 6 nitrogen and oxygen atoms in total. The molecule has 1 rings (SSSR count). The number of hydrogen-bond acceptors (Lipinski definition) is 5. The minimum absolute atomic E-state index is 0.225. The predicted octanol–water partition coefficient (Wildman–Crippen LogP) is 1.55. The van der Waals surface area contributed by atoms with Gasteiger partial charge in [0.05, 0.1) is 0 Å². The van der Waals surface area contributed by atoms with Gasteiger partial charge in [-0.1, -0.05) is 12.2 Å². The van der Waals surface area contributed by atoms with Gasteiger partial charge in [-0.25, -0.2) is 4.79 Å². The third kappa shape index (κ3) is 2.91. The molecule has 0 saturated heterocycles. The summed E-state index contributed by atoms with van der Waals surface area (Å²) in [5.41, 5.74) is -0.558. The van der Waals surface area contributed by atoms with E-state index < -0.39 is 22.4 Å². The summed E-state index contributed by atoms with van der Waals surface area (Å²) in [5, 5.41) is 10.8. The lowest BCUT2D eigenvalue weighted by molar-refractivity contribution is -0.535. The number of nitrogens with zero attached hydrogens (tertiary/aromatic N) is 1. The van der Waals surface area contributed by atoms with Crippen molar-refractivity contribution in [2.45, 2.75) is 26.3 Å². The second-order valence-electron chi connectivity index (χ2n) is 4.11. The summed E-state index contributed by atoms with van der Waals surface area (Å²) in [4.78, 5) is 32.4. The zero-order valence-electron chi connectivity index (χ0n) is 10.3. The fraction of sp³-hybridized carbons (Fsp3) is 0.333. The molecule has 18 heavy (non-hydrogen) atoms. The molecule has 0 fully saturated rings. The minimum atomic E-state index is -1.27. The lowest BCUT2D eigenvalue weighted by atomic mass is 9.93. The number of carbonyl (C=O) groups is 2. The monoisotopic (exact) mass is 251 g/mol. The average molecular weight is 251 g/mol. The fourth-order valence-electron chi connectivity index (χ4n) is 1.32. The van der Waals surface area contributed by atoms with Crippen LogP contribution in [0.2, 0.25) is 0 Å². The first-order chi connectivity index (χ1) is 8.26. The summed E-state index contributed by atoms with van der Waals surface area (Å²) >= 11 is 0. The second-order valence-corrected chi connectivity index (χ2v) is 4.11. The second kappa shape index (κ2) is 4.95. The summed E-state index contributed by atoms with van der Waals surface area (Å²) < 4.78 is 4.43. The Kier molecular flexibility index (Phi) is 3.80. The molecule has 0 heterocycles. The highest BCUT2D eigenvalue weighted by atomic mass is 16.6. The van der Waals surface area contributed by atoms with Crippen molar-refractivity contribution >= 4 is 11.9 Å². The van der Waals surface area contributed by atoms with E-state index in [0.29, 0.717) is 5.57 Å². The van der Waals surface area contributed by atoms with Crippen molar-refractivity contribution in [3.8, 4) is 0 Å². The van der Waals surface area contributed by atoms with Crippen LogP contribution in [0.15, 0.2) is 35.5 Å². The van der Waals surface area contributed by atoms with Gasteiger partial charge < -0.3 is 4.74 Å². The third-order valence-corrected chi connectivity index (χ3v) is 2.57. The molecule has 0 bridgehead atoms. The molecule has 0 N–H and O–H groups in total. The normalized spacial score (nSPS) is 21.6. The molecule has 96 valence electrons. The molecule has 0 aliphatic heterocycles. The van der Waals surface area contributed by atoms with E-state index in [1.54, 1.807) is 0 Å². The fourth-order valence-corrected chi connectivity index (χ4v) is 1.32. The number of allylic oxidation sites excluding steroid dienone is 3. The van der Waals surface area contributed by atoms with E-state index in [1.807, 2.05) is 0 Å². The Bertz CT molecular complexity index is 483. The van der Waals surface area contributed by atoms with Crippen LogP contribution in [0.3, 0.4) is 0 Å². The van der Waals surface area contributed by atoms with Gasteiger partial charge in [0.25, 0.3) is 5.54 Å². The molecule has 0 aromatic rings. The molecule has 0 atom stereocenters. The van der Waals surface area contributed by atoms with Crippen molar-refractivity contribution in [3.05, 3.63) is 45.6 Å². The topological polar surface area (TPSA) is 86.5 Å². The Morgan fingerprint density at radius 3 is 2.17 bits per heavy atom. The standard InChI is InChI=1S/C12H13NO5/c1-8(11(15)18-9(2)14)10-4-6-12(3,7-5-10)13(16)17/h4-7H,1-3H3. The van der Waals surface area contributed by atoms with Gasteiger partial charge in [-0.2, -0.15) is 0 Å². The van der Waals surface area contributed by atoms with E-state index in [-0.39, 0.29) is 5.57 Å². The number of rotatable bonds is 2. The largest absolute Gasteiger partial charge is 0.390 e. The molecular formula is C12H13NO5. The smallest absolute Gasteiger partial charge is 0.341 e. The van der Waals surface area contributed by atoms with Crippen LogP contribution < -0.4 is 0 Å². The maximum Gasteiger partial charge on any atom is 0.341 e. The van der Waals surface area contributed by atoms with Crippen molar-refractivity contribution in [2.24, 2.45) is 0 Å². The van der Waals surface area contributed by atoms with Gasteiger partial charge in [0.15, 0.2) is 0 Å². The highest BCUT2D eigenvalue weighted by Gasteiger charge is 2.32. The summed E-state index contributed by atoms with van der Waals surface area (Å²) in [6, 6.07) is 0. The SMILES string of the molecule is CC(=O)OC(=O)C(C)=C1C=CC(C)([N+](=O)[O-])C=C1. The van der Waals surface area contributed by atoms with Crippen LogP contribution in [0.4, 0.5) is 0 Å². The van der Waals surface area contributed by atoms with E-state index in [4.69, 9.17) is 0 Å². The Labute approximate surface area is 104 Å². The number of esters is 2. The Morgan fingerprint density at radius 1 is 1.28 bits per heavy atom. The van der Waals surface area contributed by atoms with Crippen molar-refractivity contribution < 1.29 is 19.2 Å². The van der Waals surface area contributed by atoms with Crippen LogP contribution >= 0.6 is 0 Å². The molecule has 6 heteroatoms. The molecular weight excluding hydrogens is 238 g/mol. The molecule has 1 aliphatic carbocycles. The predicted molar refractivity (Wildman–Crippen MR) is 63.2 cm³/mol. The highest BCUT2D eigenvalue weighted by Crippen LogP contribution is 2.23. The van der Waals surface area contributed by atoms with Crippen molar-refractivity contribution in [1.82, 2.24) is 0 Å². The summed E-state index contributed by atoms with van der Waals surface area (Å²) in [5.74, 6) is -1.45. The Hall–Kier alpha value is -2.24. The quantitative estimate of drug-likeness (QED) is 0.244. The van der Waals surface area contributed by atoms with Gasteiger partial charge in [-0.15, -0.1) is 0 Å². The van der Waals surface area contributed by atoms with E-state index >= 15 is 0 Å².